The lowest BCUT2D eigenvalue weighted by atomic mass is 10.0. The molecule has 2 heterocycles. The lowest BCUT2D eigenvalue weighted by molar-refractivity contribution is -0.118. The van der Waals surface area contributed by atoms with Gasteiger partial charge < -0.3 is 14.5 Å². The number of hydrogen-bond acceptors (Lipinski definition) is 4. The molecule has 0 fully saturated rings. The fraction of sp³-hybridized carbons (Fsp3) is 0.0833. The van der Waals surface area contributed by atoms with Gasteiger partial charge in [-0.3, -0.25) is 4.79 Å². The number of esters is 1. The number of amides is 1. The standard InChI is InChI=1S/C24H17NO4/c26-23(14-22-18-6-2-3-7-19(18)24(27)29-22)25-17-11-9-15(10-12-17)21-13-16-5-1-4-8-20(16)28-21/h1-13,22H,14H2,(H,25,26)/t22-/m1/s1. The number of fused-ring (bicyclic) bond motifs is 2. The summed E-state index contributed by atoms with van der Waals surface area (Å²) in [5.41, 5.74) is 3.73. The zero-order chi connectivity index (χ0) is 19.8. The first-order valence-corrected chi connectivity index (χ1v) is 9.36. The number of nitrogens with one attached hydrogen (secondary N) is 1. The predicted molar refractivity (Wildman–Crippen MR) is 109 cm³/mol. The quantitative estimate of drug-likeness (QED) is 0.483. The second-order valence-electron chi connectivity index (χ2n) is 6.96. The van der Waals surface area contributed by atoms with E-state index in [0.29, 0.717) is 11.3 Å². The van der Waals surface area contributed by atoms with Crippen molar-refractivity contribution in [3.8, 4) is 11.3 Å². The molecular weight excluding hydrogens is 366 g/mol. The Balaban J connectivity index is 1.28. The van der Waals surface area contributed by atoms with Crippen molar-refractivity contribution in [1.29, 1.82) is 0 Å². The molecule has 3 aromatic carbocycles. The number of carbonyl (C=O) groups is 2. The highest BCUT2D eigenvalue weighted by Gasteiger charge is 2.32. The van der Waals surface area contributed by atoms with Gasteiger partial charge in [-0.25, -0.2) is 4.79 Å². The van der Waals surface area contributed by atoms with E-state index in [1.807, 2.05) is 66.7 Å². The minimum atomic E-state index is -0.548. The van der Waals surface area contributed by atoms with Crippen LogP contribution in [0.3, 0.4) is 0 Å². The Bertz CT molecular complexity index is 1190. The summed E-state index contributed by atoms with van der Waals surface area (Å²) in [4.78, 5) is 24.3. The molecule has 5 heteroatoms. The van der Waals surface area contributed by atoms with Crippen molar-refractivity contribution in [2.45, 2.75) is 12.5 Å². The number of rotatable bonds is 4. The average molecular weight is 383 g/mol. The first-order chi connectivity index (χ1) is 14.2. The molecule has 5 rings (SSSR count). The van der Waals surface area contributed by atoms with Crippen molar-refractivity contribution < 1.29 is 18.7 Å². The number of cyclic esters (lactones) is 1. The van der Waals surface area contributed by atoms with E-state index in [-0.39, 0.29) is 18.3 Å². The molecule has 0 saturated heterocycles. The second-order valence-corrected chi connectivity index (χ2v) is 6.96. The molecule has 1 aromatic heterocycles. The third-order valence-corrected chi connectivity index (χ3v) is 5.03. The summed E-state index contributed by atoms with van der Waals surface area (Å²) in [7, 11) is 0. The predicted octanol–water partition coefficient (Wildman–Crippen LogP) is 5.34. The molecule has 0 saturated carbocycles. The number of para-hydroxylation sites is 1. The number of benzene rings is 3. The van der Waals surface area contributed by atoms with Crippen LogP contribution in [-0.2, 0) is 9.53 Å². The van der Waals surface area contributed by atoms with E-state index in [4.69, 9.17) is 9.15 Å². The van der Waals surface area contributed by atoms with Crippen LogP contribution in [0, 0.1) is 0 Å². The van der Waals surface area contributed by atoms with Gasteiger partial charge in [0, 0.05) is 22.2 Å². The largest absolute Gasteiger partial charge is 0.456 e. The SMILES string of the molecule is O=C(C[C@H]1OC(=O)c2ccccc21)Nc1ccc(-c2cc3ccccc3o2)cc1. The number of anilines is 1. The minimum absolute atomic E-state index is 0.0775. The molecule has 1 aliphatic rings. The molecule has 1 N–H and O–H groups in total. The molecule has 0 bridgehead atoms. The monoisotopic (exact) mass is 383 g/mol. The van der Waals surface area contributed by atoms with Crippen LogP contribution in [0.2, 0.25) is 0 Å². The maximum absolute atomic E-state index is 12.4. The van der Waals surface area contributed by atoms with Gasteiger partial charge in [0.1, 0.15) is 17.4 Å². The zero-order valence-corrected chi connectivity index (χ0v) is 15.4. The van der Waals surface area contributed by atoms with Crippen LogP contribution in [-0.4, -0.2) is 11.9 Å². The Morgan fingerprint density at radius 3 is 2.52 bits per heavy atom. The number of furan rings is 1. The molecule has 0 radical (unpaired) electrons. The van der Waals surface area contributed by atoms with Crippen LogP contribution in [0.1, 0.15) is 28.4 Å². The molecule has 1 amide bonds. The minimum Gasteiger partial charge on any atom is -0.456 e. The van der Waals surface area contributed by atoms with Gasteiger partial charge in [0.05, 0.1) is 12.0 Å². The highest BCUT2D eigenvalue weighted by molar-refractivity contribution is 5.96. The molecule has 29 heavy (non-hydrogen) atoms. The Morgan fingerprint density at radius 2 is 1.69 bits per heavy atom. The van der Waals surface area contributed by atoms with E-state index in [9.17, 15) is 9.59 Å². The topological polar surface area (TPSA) is 68.5 Å². The summed E-state index contributed by atoms with van der Waals surface area (Å²) in [5, 5.41) is 3.91. The molecule has 0 unspecified atom stereocenters. The Labute approximate surface area is 166 Å². The smallest absolute Gasteiger partial charge is 0.339 e. The van der Waals surface area contributed by atoms with Crippen molar-refractivity contribution in [2.24, 2.45) is 0 Å². The Kier molecular flexibility index (Phi) is 4.13. The van der Waals surface area contributed by atoms with Gasteiger partial charge in [-0.15, -0.1) is 0 Å². The Morgan fingerprint density at radius 1 is 0.931 bits per heavy atom. The summed E-state index contributed by atoms with van der Waals surface area (Å²) in [5.74, 6) is 0.183. The van der Waals surface area contributed by atoms with Gasteiger partial charge in [-0.05, 0) is 42.5 Å². The van der Waals surface area contributed by atoms with Gasteiger partial charge in [0.15, 0.2) is 0 Å². The van der Waals surface area contributed by atoms with Crippen LogP contribution in [0.25, 0.3) is 22.3 Å². The maximum atomic E-state index is 12.4. The van der Waals surface area contributed by atoms with E-state index in [1.165, 1.54) is 0 Å². The summed E-state index contributed by atoms with van der Waals surface area (Å²) < 4.78 is 11.2. The van der Waals surface area contributed by atoms with Crippen molar-refractivity contribution in [1.82, 2.24) is 0 Å². The fourth-order valence-corrected chi connectivity index (χ4v) is 3.59. The van der Waals surface area contributed by atoms with Crippen LogP contribution in [0.15, 0.2) is 83.3 Å². The summed E-state index contributed by atoms with van der Waals surface area (Å²) >= 11 is 0. The third-order valence-electron chi connectivity index (χ3n) is 5.03. The number of ether oxygens (including phenoxy) is 1. The van der Waals surface area contributed by atoms with E-state index in [0.717, 1.165) is 27.9 Å². The molecule has 142 valence electrons. The van der Waals surface area contributed by atoms with E-state index in [1.54, 1.807) is 12.1 Å². The van der Waals surface area contributed by atoms with Crippen LogP contribution in [0.5, 0.6) is 0 Å². The first-order valence-electron chi connectivity index (χ1n) is 9.36. The Hall–Kier alpha value is -3.86. The van der Waals surface area contributed by atoms with Crippen molar-refractivity contribution in [3.63, 3.8) is 0 Å². The van der Waals surface area contributed by atoms with Crippen molar-refractivity contribution in [2.75, 3.05) is 5.32 Å². The van der Waals surface area contributed by atoms with Gasteiger partial charge in [0.2, 0.25) is 5.91 Å². The van der Waals surface area contributed by atoms with E-state index >= 15 is 0 Å². The third kappa shape index (κ3) is 3.27. The lowest BCUT2D eigenvalue weighted by Gasteiger charge is -2.11. The second kappa shape index (κ2) is 6.95. The van der Waals surface area contributed by atoms with Gasteiger partial charge >= 0.3 is 5.97 Å². The van der Waals surface area contributed by atoms with Gasteiger partial charge in [-0.2, -0.15) is 0 Å². The van der Waals surface area contributed by atoms with Gasteiger partial charge in [-0.1, -0.05) is 36.4 Å². The van der Waals surface area contributed by atoms with E-state index in [2.05, 4.69) is 5.32 Å². The molecule has 1 aliphatic heterocycles. The average Bonchev–Trinajstić information content (AvgIpc) is 3.30. The molecule has 0 aliphatic carbocycles. The lowest BCUT2D eigenvalue weighted by Crippen LogP contribution is -2.15. The molecule has 0 spiro atoms. The van der Waals surface area contributed by atoms with Gasteiger partial charge in [0.25, 0.3) is 0 Å². The zero-order valence-electron chi connectivity index (χ0n) is 15.4. The van der Waals surface area contributed by atoms with Crippen molar-refractivity contribution in [3.05, 3.63) is 90.0 Å². The van der Waals surface area contributed by atoms with Crippen LogP contribution < -0.4 is 5.32 Å². The fourth-order valence-electron chi connectivity index (χ4n) is 3.59. The maximum Gasteiger partial charge on any atom is 0.339 e. The van der Waals surface area contributed by atoms with E-state index < -0.39 is 6.10 Å². The highest BCUT2D eigenvalue weighted by atomic mass is 16.5. The normalized spacial score (nSPS) is 15.2. The number of carbonyl (C=O) groups excluding carboxylic acids is 2. The summed E-state index contributed by atoms with van der Waals surface area (Å²) in [6.07, 6.45) is -0.470. The molecule has 4 aromatic rings. The van der Waals surface area contributed by atoms with Crippen LogP contribution in [0.4, 0.5) is 5.69 Å². The summed E-state index contributed by atoms with van der Waals surface area (Å²) in [6.45, 7) is 0. The number of hydrogen-bond donors (Lipinski definition) is 1. The van der Waals surface area contributed by atoms with Crippen molar-refractivity contribution >= 4 is 28.5 Å². The molecule has 5 nitrogen and oxygen atoms in total. The molecular formula is C24H17NO4. The summed E-state index contributed by atoms with van der Waals surface area (Å²) in [6, 6.07) is 24.5. The first kappa shape index (κ1) is 17.3. The highest BCUT2D eigenvalue weighted by Crippen LogP contribution is 2.33. The molecule has 1 atom stereocenters. The van der Waals surface area contributed by atoms with Crippen LogP contribution >= 0.6 is 0 Å².